The van der Waals surface area contributed by atoms with Gasteiger partial charge in [0.05, 0.1) is 24.3 Å². The number of halogens is 2. The first-order chi connectivity index (χ1) is 7.99. The summed E-state index contributed by atoms with van der Waals surface area (Å²) >= 11 is 8.03. The van der Waals surface area contributed by atoms with Gasteiger partial charge in [0.2, 0.25) is 0 Å². The summed E-state index contributed by atoms with van der Waals surface area (Å²) in [6.07, 6.45) is 0. The molecule has 4 nitrogen and oxygen atoms in total. The van der Waals surface area contributed by atoms with Crippen LogP contribution in [0.3, 0.4) is 0 Å². The number of ether oxygens (including phenoxy) is 1. The minimum absolute atomic E-state index is 0.119. The molecule has 0 bridgehead atoms. The van der Waals surface area contributed by atoms with Crippen LogP contribution in [0.2, 0.25) is 5.02 Å². The van der Waals surface area contributed by atoms with Gasteiger partial charge in [0.25, 0.3) is 5.91 Å². The Hall–Kier alpha value is -0.530. The molecule has 0 spiro atoms. The topological polar surface area (TPSA) is 58.6 Å². The van der Waals surface area contributed by atoms with Crippen molar-refractivity contribution in [2.45, 2.75) is 13.0 Å². The number of amides is 1. The molecule has 0 aliphatic carbocycles. The second-order valence-corrected chi connectivity index (χ2v) is 5.09. The number of carbonyl (C=O) groups excluding carboxylic acids is 1. The van der Waals surface area contributed by atoms with Gasteiger partial charge >= 0.3 is 0 Å². The van der Waals surface area contributed by atoms with E-state index in [0.717, 1.165) is 3.57 Å². The number of aliphatic hydroxyl groups is 1. The maximum atomic E-state index is 11.9. The first-order valence-corrected chi connectivity index (χ1v) is 6.40. The molecule has 1 rings (SSSR count). The predicted octanol–water partition coefficient (Wildman–Crippen LogP) is 2.06. The molecule has 0 aliphatic rings. The van der Waals surface area contributed by atoms with Gasteiger partial charge < -0.3 is 15.2 Å². The lowest BCUT2D eigenvalue weighted by atomic mass is 10.1. The molecule has 0 saturated heterocycles. The molecule has 2 N–H and O–H groups in total. The molecule has 0 aliphatic heterocycles. The molecule has 0 heterocycles. The number of hydrogen-bond donors (Lipinski definition) is 2. The van der Waals surface area contributed by atoms with Crippen LogP contribution in [0, 0.1) is 3.57 Å². The van der Waals surface area contributed by atoms with E-state index in [1.165, 1.54) is 7.11 Å². The first kappa shape index (κ1) is 14.5. The van der Waals surface area contributed by atoms with Crippen molar-refractivity contribution < 1.29 is 14.6 Å². The van der Waals surface area contributed by atoms with Crippen LogP contribution >= 0.6 is 34.2 Å². The molecule has 17 heavy (non-hydrogen) atoms. The zero-order chi connectivity index (χ0) is 13.0. The van der Waals surface area contributed by atoms with Crippen molar-refractivity contribution in [3.05, 3.63) is 26.3 Å². The Morgan fingerprint density at radius 1 is 1.65 bits per heavy atom. The lowest BCUT2D eigenvalue weighted by Gasteiger charge is -2.13. The molecule has 1 aromatic carbocycles. The number of nitrogens with one attached hydrogen (secondary N) is 1. The summed E-state index contributed by atoms with van der Waals surface area (Å²) in [6, 6.07) is 2.94. The zero-order valence-electron chi connectivity index (χ0n) is 9.46. The van der Waals surface area contributed by atoms with Crippen LogP contribution in [-0.2, 0) is 0 Å². The number of methoxy groups -OCH3 is 1. The van der Waals surface area contributed by atoms with Crippen molar-refractivity contribution in [2.24, 2.45) is 0 Å². The summed E-state index contributed by atoms with van der Waals surface area (Å²) in [4.78, 5) is 11.9. The van der Waals surface area contributed by atoms with Crippen LogP contribution in [-0.4, -0.2) is 30.8 Å². The molecular weight excluding hydrogens is 356 g/mol. The second-order valence-electron chi connectivity index (χ2n) is 3.52. The minimum atomic E-state index is -0.318. The summed E-state index contributed by atoms with van der Waals surface area (Å²) in [5.41, 5.74) is 0.359. The van der Waals surface area contributed by atoms with E-state index in [4.69, 9.17) is 21.4 Å². The maximum absolute atomic E-state index is 11.9. The Morgan fingerprint density at radius 2 is 2.29 bits per heavy atom. The van der Waals surface area contributed by atoms with E-state index in [1.807, 2.05) is 0 Å². The third kappa shape index (κ3) is 3.72. The molecule has 1 unspecified atom stereocenters. The molecule has 1 amide bonds. The Labute approximate surface area is 118 Å². The Bertz CT molecular complexity index is 425. The van der Waals surface area contributed by atoms with Crippen LogP contribution in [0.5, 0.6) is 5.75 Å². The van der Waals surface area contributed by atoms with Crippen molar-refractivity contribution in [1.29, 1.82) is 0 Å². The highest BCUT2D eigenvalue weighted by Gasteiger charge is 2.16. The summed E-state index contributed by atoms with van der Waals surface area (Å²) in [6.45, 7) is 1.59. The van der Waals surface area contributed by atoms with Crippen LogP contribution in [0.4, 0.5) is 0 Å². The number of rotatable bonds is 4. The van der Waals surface area contributed by atoms with Crippen molar-refractivity contribution in [3.8, 4) is 5.75 Å². The molecule has 1 atom stereocenters. The largest absolute Gasteiger partial charge is 0.496 e. The number of aliphatic hydroxyl groups excluding tert-OH is 1. The highest BCUT2D eigenvalue weighted by Crippen LogP contribution is 2.28. The van der Waals surface area contributed by atoms with Gasteiger partial charge in [-0.1, -0.05) is 11.6 Å². The SMILES string of the molecule is COc1cc(I)c(Cl)cc1C(=O)NC(C)CO. The normalized spacial score (nSPS) is 12.1. The quantitative estimate of drug-likeness (QED) is 0.799. The van der Waals surface area contributed by atoms with Crippen LogP contribution in [0.1, 0.15) is 17.3 Å². The number of hydrogen-bond acceptors (Lipinski definition) is 3. The maximum Gasteiger partial charge on any atom is 0.255 e. The van der Waals surface area contributed by atoms with Crippen molar-refractivity contribution in [2.75, 3.05) is 13.7 Å². The lowest BCUT2D eigenvalue weighted by molar-refractivity contribution is 0.0919. The van der Waals surface area contributed by atoms with Gasteiger partial charge in [-0.3, -0.25) is 4.79 Å². The highest BCUT2D eigenvalue weighted by molar-refractivity contribution is 14.1. The third-order valence-electron chi connectivity index (χ3n) is 2.14. The summed E-state index contributed by atoms with van der Waals surface area (Å²) in [7, 11) is 1.49. The number of carbonyl (C=O) groups is 1. The lowest BCUT2D eigenvalue weighted by Crippen LogP contribution is -2.35. The van der Waals surface area contributed by atoms with Gasteiger partial charge in [0, 0.05) is 9.61 Å². The van der Waals surface area contributed by atoms with Crippen molar-refractivity contribution in [1.82, 2.24) is 5.32 Å². The second kappa shape index (κ2) is 6.42. The average molecular weight is 370 g/mol. The van der Waals surface area contributed by atoms with E-state index in [2.05, 4.69) is 27.9 Å². The monoisotopic (exact) mass is 369 g/mol. The van der Waals surface area contributed by atoms with Gasteiger partial charge in [0.1, 0.15) is 5.75 Å². The van der Waals surface area contributed by atoms with E-state index < -0.39 is 0 Å². The Balaban J connectivity index is 3.03. The summed E-state index contributed by atoms with van der Waals surface area (Å²) in [5, 5.41) is 12.0. The molecule has 6 heteroatoms. The molecule has 0 saturated carbocycles. The fourth-order valence-corrected chi connectivity index (χ4v) is 1.82. The Kier molecular flexibility index (Phi) is 5.48. The van der Waals surface area contributed by atoms with Gasteiger partial charge in [0.15, 0.2) is 0 Å². The zero-order valence-corrected chi connectivity index (χ0v) is 12.4. The van der Waals surface area contributed by atoms with E-state index >= 15 is 0 Å². The minimum Gasteiger partial charge on any atom is -0.496 e. The van der Waals surface area contributed by atoms with Crippen molar-refractivity contribution >= 4 is 40.1 Å². The van der Waals surface area contributed by atoms with Gasteiger partial charge in [-0.15, -0.1) is 0 Å². The molecular formula is C11H13ClINO3. The standard InChI is InChI=1S/C11H13ClINO3/c1-6(5-15)14-11(16)7-3-8(12)9(13)4-10(7)17-2/h3-4,6,15H,5H2,1-2H3,(H,14,16). The van der Waals surface area contributed by atoms with Crippen LogP contribution < -0.4 is 10.1 Å². The summed E-state index contributed by atoms with van der Waals surface area (Å²) in [5.74, 6) is 0.142. The molecule has 0 fully saturated rings. The predicted molar refractivity (Wildman–Crippen MR) is 74.7 cm³/mol. The molecule has 0 aromatic heterocycles. The van der Waals surface area contributed by atoms with Crippen LogP contribution in [0.15, 0.2) is 12.1 Å². The van der Waals surface area contributed by atoms with Crippen LogP contribution in [0.25, 0.3) is 0 Å². The summed E-state index contributed by atoms with van der Waals surface area (Å²) < 4.78 is 5.94. The first-order valence-electron chi connectivity index (χ1n) is 4.94. The smallest absolute Gasteiger partial charge is 0.255 e. The number of benzene rings is 1. The van der Waals surface area contributed by atoms with Gasteiger partial charge in [-0.25, -0.2) is 0 Å². The fraction of sp³-hybridized carbons (Fsp3) is 0.364. The third-order valence-corrected chi connectivity index (χ3v) is 3.66. The average Bonchev–Trinajstić information content (AvgIpc) is 2.31. The fourth-order valence-electron chi connectivity index (χ4n) is 1.22. The van der Waals surface area contributed by atoms with Crippen molar-refractivity contribution in [3.63, 3.8) is 0 Å². The van der Waals surface area contributed by atoms with E-state index in [1.54, 1.807) is 19.1 Å². The van der Waals surface area contributed by atoms with E-state index in [9.17, 15) is 4.79 Å². The van der Waals surface area contributed by atoms with Gasteiger partial charge in [-0.2, -0.15) is 0 Å². The molecule has 94 valence electrons. The Morgan fingerprint density at radius 3 is 2.82 bits per heavy atom. The molecule has 0 radical (unpaired) electrons. The van der Waals surface area contributed by atoms with Gasteiger partial charge in [-0.05, 0) is 41.6 Å². The van der Waals surface area contributed by atoms with E-state index in [0.29, 0.717) is 16.3 Å². The highest BCUT2D eigenvalue weighted by atomic mass is 127. The van der Waals surface area contributed by atoms with E-state index in [-0.39, 0.29) is 18.6 Å². The molecule has 1 aromatic rings.